The molecule has 0 saturated carbocycles. The zero-order valence-corrected chi connectivity index (χ0v) is 12.7. The number of hydrogen-bond acceptors (Lipinski definition) is 4. The van der Waals surface area contributed by atoms with Gasteiger partial charge in [0.2, 0.25) is 0 Å². The fourth-order valence-electron chi connectivity index (χ4n) is 1.53. The van der Waals surface area contributed by atoms with Gasteiger partial charge in [-0.3, -0.25) is 0 Å². The molecule has 1 aromatic rings. The lowest BCUT2D eigenvalue weighted by Gasteiger charge is -2.11. The van der Waals surface area contributed by atoms with E-state index in [9.17, 15) is 4.79 Å². The van der Waals surface area contributed by atoms with Crippen LogP contribution < -0.4 is 5.32 Å². The van der Waals surface area contributed by atoms with Crippen molar-refractivity contribution in [1.82, 2.24) is 0 Å². The Morgan fingerprint density at radius 1 is 1.47 bits per heavy atom. The molecule has 0 aliphatic heterocycles. The maximum Gasteiger partial charge on any atom is 0.330 e. The average molecular weight is 328 g/mol. The van der Waals surface area contributed by atoms with Crippen LogP contribution >= 0.6 is 15.9 Å². The number of carbonyl (C=O) groups is 1. The Morgan fingerprint density at radius 3 is 2.95 bits per heavy atom. The molecule has 0 radical (unpaired) electrons. The van der Waals surface area contributed by atoms with Crippen molar-refractivity contribution >= 4 is 27.6 Å². The fourth-order valence-corrected chi connectivity index (χ4v) is 2.01. The molecule has 0 fully saturated rings. The van der Waals surface area contributed by atoms with E-state index in [0.717, 1.165) is 15.7 Å². The van der Waals surface area contributed by atoms with Gasteiger partial charge in [-0.05, 0) is 19.1 Å². The number of methoxy groups -OCH3 is 1. The highest BCUT2D eigenvalue weighted by atomic mass is 79.9. The molecular formula is C14H18BrNO3. The number of rotatable bonds is 7. The zero-order valence-electron chi connectivity index (χ0n) is 11.1. The van der Waals surface area contributed by atoms with Crippen LogP contribution in [0.1, 0.15) is 12.5 Å². The van der Waals surface area contributed by atoms with Crippen molar-refractivity contribution in [2.45, 2.75) is 13.5 Å². The van der Waals surface area contributed by atoms with Crippen molar-refractivity contribution in [3.8, 4) is 0 Å². The topological polar surface area (TPSA) is 47.6 Å². The number of halogens is 1. The van der Waals surface area contributed by atoms with Gasteiger partial charge in [-0.25, -0.2) is 4.79 Å². The van der Waals surface area contributed by atoms with Gasteiger partial charge in [-0.2, -0.15) is 0 Å². The van der Waals surface area contributed by atoms with E-state index in [-0.39, 0.29) is 5.97 Å². The number of nitrogens with one attached hydrogen (secondary N) is 1. The maximum absolute atomic E-state index is 11.1. The first kappa shape index (κ1) is 15.7. The van der Waals surface area contributed by atoms with Crippen LogP contribution in [0.5, 0.6) is 0 Å². The summed E-state index contributed by atoms with van der Waals surface area (Å²) in [6, 6.07) is 5.88. The minimum Gasteiger partial charge on any atom is -0.463 e. The van der Waals surface area contributed by atoms with Gasteiger partial charge in [0.15, 0.2) is 0 Å². The smallest absolute Gasteiger partial charge is 0.330 e. The standard InChI is InChI=1S/C14H18BrNO3/c1-3-19-14(17)8-5-9-16-13-7-4-6-12(15)11(13)10-18-2/h4-8,16H,3,9-10H2,1-2H3/b8-5+. The number of esters is 1. The normalized spacial score (nSPS) is 10.7. The van der Waals surface area contributed by atoms with Crippen molar-refractivity contribution in [2.24, 2.45) is 0 Å². The lowest BCUT2D eigenvalue weighted by atomic mass is 10.2. The Balaban J connectivity index is 2.58. The predicted molar refractivity (Wildman–Crippen MR) is 79.1 cm³/mol. The Hall–Kier alpha value is -1.33. The molecule has 4 nitrogen and oxygen atoms in total. The first-order valence-electron chi connectivity index (χ1n) is 6.02. The number of benzene rings is 1. The lowest BCUT2D eigenvalue weighted by Crippen LogP contribution is -2.05. The van der Waals surface area contributed by atoms with Gasteiger partial charge in [0.05, 0.1) is 13.2 Å². The van der Waals surface area contributed by atoms with Gasteiger partial charge in [-0.15, -0.1) is 0 Å². The van der Waals surface area contributed by atoms with Crippen molar-refractivity contribution < 1.29 is 14.3 Å². The van der Waals surface area contributed by atoms with Crippen molar-refractivity contribution in [1.29, 1.82) is 0 Å². The molecule has 0 amide bonds. The Morgan fingerprint density at radius 2 is 2.26 bits per heavy atom. The Labute approximate surface area is 121 Å². The van der Waals surface area contributed by atoms with Crippen LogP contribution in [0.25, 0.3) is 0 Å². The molecule has 0 bridgehead atoms. The van der Waals surface area contributed by atoms with Gasteiger partial charge in [0.25, 0.3) is 0 Å². The first-order valence-corrected chi connectivity index (χ1v) is 6.81. The lowest BCUT2D eigenvalue weighted by molar-refractivity contribution is -0.137. The summed E-state index contributed by atoms with van der Waals surface area (Å²) >= 11 is 3.49. The number of ether oxygens (including phenoxy) is 2. The average Bonchev–Trinajstić information content (AvgIpc) is 2.38. The van der Waals surface area contributed by atoms with E-state index in [1.54, 1.807) is 20.1 Å². The third-order valence-electron chi connectivity index (χ3n) is 2.36. The highest BCUT2D eigenvalue weighted by Gasteiger charge is 2.05. The van der Waals surface area contributed by atoms with Crippen LogP contribution in [0.4, 0.5) is 5.69 Å². The summed E-state index contributed by atoms with van der Waals surface area (Å²) in [4.78, 5) is 11.1. The van der Waals surface area contributed by atoms with Crippen LogP contribution in [0.3, 0.4) is 0 Å². The van der Waals surface area contributed by atoms with Gasteiger partial charge < -0.3 is 14.8 Å². The summed E-state index contributed by atoms with van der Waals surface area (Å²) < 4.78 is 11.0. The van der Waals surface area contributed by atoms with Crippen molar-refractivity contribution in [2.75, 3.05) is 25.6 Å². The van der Waals surface area contributed by atoms with E-state index in [1.165, 1.54) is 6.08 Å². The number of hydrogen-bond donors (Lipinski definition) is 1. The minimum atomic E-state index is -0.323. The molecule has 0 heterocycles. The number of anilines is 1. The summed E-state index contributed by atoms with van der Waals surface area (Å²) in [7, 11) is 1.66. The van der Waals surface area contributed by atoms with Gasteiger partial charge >= 0.3 is 5.97 Å². The van der Waals surface area contributed by atoms with E-state index < -0.39 is 0 Å². The van der Waals surface area contributed by atoms with Crippen LogP contribution in [0.2, 0.25) is 0 Å². The second-order valence-electron chi connectivity index (χ2n) is 3.73. The van der Waals surface area contributed by atoms with Crippen molar-refractivity contribution in [3.63, 3.8) is 0 Å². The molecule has 0 aliphatic rings. The minimum absolute atomic E-state index is 0.323. The third kappa shape index (κ3) is 5.44. The molecular weight excluding hydrogens is 310 g/mol. The van der Waals surface area contributed by atoms with E-state index in [4.69, 9.17) is 9.47 Å². The van der Waals surface area contributed by atoms with Gasteiger partial charge in [0.1, 0.15) is 0 Å². The summed E-state index contributed by atoms with van der Waals surface area (Å²) in [5.41, 5.74) is 2.03. The van der Waals surface area contributed by atoms with E-state index >= 15 is 0 Å². The second kappa shape index (κ2) is 8.72. The molecule has 0 aliphatic carbocycles. The molecule has 1 aromatic carbocycles. The zero-order chi connectivity index (χ0) is 14.1. The molecule has 1 rings (SSSR count). The molecule has 0 aromatic heterocycles. The summed E-state index contributed by atoms with van der Waals surface area (Å²) in [6.07, 6.45) is 3.15. The SMILES string of the molecule is CCOC(=O)/C=C/CNc1cccc(Br)c1COC. The van der Waals surface area contributed by atoms with Crippen LogP contribution in [-0.2, 0) is 20.9 Å². The highest BCUT2D eigenvalue weighted by Crippen LogP contribution is 2.25. The quantitative estimate of drug-likeness (QED) is 0.617. The van der Waals surface area contributed by atoms with Crippen LogP contribution in [0, 0.1) is 0 Å². The first-order chi connectivity index (χ1) is 9.19. The summed E-state index contributed by atoms with van der Waals surface area (Å²) in [6.45, 7) is 3.24. The van der Waals surface area contributed by atoms with Crippen LogP contribution in [-0.4, -0.2) is 26.2 Å². The maximum atomic E-state index is 11.1. The largest absolute Gasteiger partial charge is 0.463 e. The monoisotopic (exact) mass is 327 g/mol. The van der Waals surface area contributed by atoms with Crippen molar-refractivity contribution in [3.05, 3.63) is 40.4 Å². The molecule has 0 spiro atoms. The molecule has 19 heavy (non-hydrogen) atoms. The van der Waals surface area contributed by atoms with E-state index in [1.807, 2.05) is 18.2 Å². The second-order valence-corrected chi connectivity index (χ2v) is 4.59. The molecule has 0 unspecified atom stereocenters. The predicted octanol–water partition coefficient (Wildman–Crippen LogP) is 3.13. The third-order valence-corrected chi connectivity index (χ3v) is 3.10. The summed E-state index contributed by atoms with van der Waals surface area (Å²) in [5.74, 6) is -0.323. The number of carbonyl (C=O) groups excluding carboxylic acids is 1. The molecule has 0 atom stereocenters. The summed E-state index contributed by atoms with van der Waals surface area (Å²) in [5, 5.41) is 3.23. The molecule has 5 heteroatoms. The van der Waals surface area contributed by atoms with E-state index in [2.05, 4.69) is 21.2 Å². The van der Waals surface area contributed by atoms with Gasteiger partial charge in [-0.1, -0.05) is 28.1 Å². The fraction of sp³-hybridized carbons (Fsp3) is 0.357. The molecule has 1 N–H and O–H groups in total. The highest BCUT2D eigenvalue weighted by molar-refractivity contribution is 9.10. The van der Waals surface area contributed by atoms with Gasteiger partial charge in [0, 0.05) is 35.5 Å². The Kier molecular flexibility index (Phi) is 7.22. The van der Waals surface area contributed by atoms with Crippen LogP contribution in [0.15, 0.2) is 34.8 Å². The van der Waals surface area contributed by atoms with E-state index in [0.29, 0.717) is 19.8 Å². The Bertz CT molecular complexity index is 446. The molecule has 104 valence electrons. The molecule has 0 saturated heterocycles.